The van der Waals surface area contributed by atoms with E-state index in [1.54, 1.807) is 6.07 Å². The van der Waals surface area contributed by atoms with Gasteiger partial charge in [0.25, 0.3) is 5.91 Å². The summed E-state index contributed by atoms with van der Waals surface area (Å²) in [5.74, 6) is -1.20. The smallest absolute Gasteiger partial charge is 0.329 e. The quantitative estimate of drug-likeness (QED) is 0.781. The van der Waals surface area contributed by atoms with Crippen molar-refractivity contribution in [3.05, 3.63) is 20.3 Å². The maximum atomic E-state index is 11.6. The van der Waals surface area contributed by atoms with Gasteiger partial charge in [0.1, 0.15) is 6.61 Å². The fourth-order valence-corrected chi connectivity index (χ4v) is 2.51. The van der Waals surface area contributed by atoms with Crippen molar-refractivity contribution in [1.82, 2.24) is 5.32 Å². The van der Waals surface area contributed by atoms with Gasteiger partial charge in [-0.2, -0.15) is 0 Å². The molecule has 1 amide bonds. The molecule has 1 aromatic rings. The minimum Gasteiger partial charge on any atom is -0.480 e. The lowest BCUT2D eigenvalue weighted by Crippen LogP contribution is -2.27. The summed E-state index contributed by atoms with van der Waals surface area (Å²) in [5.41, 5.74) is 1.02. The summed E-state index contributed by atoms with van der Waals surface area (Å²) in [5, 5.41) is 11.0. The summed E-state index contributed by atoms with van der Waals surface area (Å²) < 4.78 is 5.73. The van der Waals surface area contributed by atoms with Crippen LogP contribution in [0.5, 0.6) is 0 Å². The summed E-state index contributed by atoms with van der Waals surface area (Å²) in [4.78, 5) is 22.4. The Balaban J connectivity index is 2.28. The zero-order chi connectivity index (χ0) is 12.8. The molecule has 17 heavy (non-hydrogen) atoms. The van der Waals surface area contributed by atoms with Crippen LogP contribution in [0.2, 0.25) is 0 Å². The topological polar surface area (TPSA) is 75.6 Å². The Morgan fingerprint density at radius 2 is 2.29 bits per heavy atom. The molecule has 0 unspecified atom stereocenters. The molecule has 0 spiro atoms. The maximum absolute atomic E-state index is 11.6. The van der Waals surface area contributed by atoms with E-state index in [0.29, 0.717) is 11.4 Å². The number of carboxylic acid groups (broad SMARTS) is 1. The van der Waals surface area contributed by atoms with Gasteiger partial charge in [0, 0.05) is 6.54 Å². The van der Waals surface area contributed by atoms with E-state index < -0.39 is 5.97 Å². The monoisotopic (exact) mass is 321 g/mol. The number of hydrogen-bond donors (Lipinski definition) is 2. The standard InChI is InChI=1S/C10H12BrNO4S/c1-6-4-7(17-9(6)11)10(15)12-2-3-16-5-8(13)14/h4H,2-3,5H2,1H3,(H,12,15)(H,13,14). The fraction of sp³-hybridized carbons (Fsp3) is 0.400. The number of ether oxygens (including phenoxy) is 1. The molecule has 7 heteroatoms. The van der Waals surface area contributed by atoms with Crippen molar-refractivity contribution in [2.75, 3.05) is 19.8 Å². The first-order chi connectivity index (χ1) is 8.00. The van der Waals surface area contributed by atoms with Crippen molar-refractivity contribution in [1.29, 1.82) is 0 Å². The lowest BCUT2D eigenvalue weighted by Gasteiger charge is -2.03. The number of rotatable bonds is 6. The molecule has 0 saturated heterocycles. The largest absolute Gasteiger partial charge is 0.480 e. The van der Waals surface area contributed by atoms with Crippen LogP contribution in [0.25, 0.3) is 0 Å². The van der Waals surface area contributed by atoms with E-state index in [9.17, 15) is 9.59 Å². The molecule has 94 valence electrons. The van der Waals surface area contributed by atoms with Crippen LogP contribution in [0.4, 0.5) is 0 Å². The molecule has 0 bridgehead atoms. The van der Waals surface area contributed by atoms with Crippen LogP contribution >= 0.6 is 27.3 Å². The summed E-state index contributed by atoms with van der Waals surface area (Å²) in [6.07, 6.45) is 0. The first-order valence-electron chi connectivity index (χ1n) is 4.84. The highest BCUT2D eigenvalue weighted by atomic mass is 79.9. The van der Waals surface area contributed by atoms with Crippen LogP contribution in [0, 0.1) is 6.92 Å². The maximum Gasteiger partial charge on any atom is 0.329 e. The van der Waals surface area contributed by atoms with Crippen molar-refractivity contribution >= 4 is 39.1 Å². The Labute approximate surface area is 111 Å². The second kappa shape index (κ2) is 6.73. The molecule has 0 saturated carbocycles. The highest BCUT2D eigenvalue weighted by molar-refractivity contribution is 9.11. The second-order valence-electron chi connectivity index (χ2n) is 3.27. The minimum atomic E-state index is -1.02. The average molecular weight is 322 g/mol. The number of amides is 1. The first kappa shape index (κ1) is 14.1. The van der Waals surface area contributed by atoms with Gasteiger partial charge in [-0.05, 0) is 34.5 Å². The molecule has 1 rings (SSSR count). The third-order valence-corrected chi connectivity index (χ3v) is 3.97. The molecule has 1 heterocycles. The van der Waals surface area contributed by atoms with Crippen LogP contribution in [0.1, 0.15) is 15.2 Å². The van der Waals surface area contributed by atoms with E-state index in [1.165, 1.54) is 11.3 Å². The second-order valence-corrected chi connectivity index (χ2v) is 5.64. The van der Waals surface area contributed by atoms with Gasteiger partial charge in [0.05, 0.1) is 15.3 Å². The van der Waals surface area contributed by atoms with Gasteiger partial charge in [-0.1, -0.05) is 0 Å². The normalized spacial score (nSPS) is 10.2. The molecule has 0 aromatic carbocycles. The van der Waals surface area contributed by atoms with Crippen molar-refractivity contribution in [3.8, 4) is 0 Å². The molecular weight excluding hydrogens is 310 g/mol. The zero-order valence-electron chi connectivity index (χ0n) is 9.16. The number of halogens is 1. The Morgan fingerprint density at radius 3 is 2.82 bits per heavy atom. The van der Waals surface area contributed by atoms with Gasteiger partial charge in [0.15, 0.2) is 0 Å². The first-order valence-corrected chi connectivity index (χ1v) is 6.45. The van der Waals surface area contributed by atoms with Gasteiger partial charge >= 0.3 is 5.97 Å². The number of aliphatic carboxylic acids is 1. The van der Waals surface area contributed by atoms with Crippen molar-refractivity contribution in [2.45, 2.75) is 6.92 Å². The van der Waals surface area contributed by atoms with Gasteiger partial charge in [-0.3, -0.25) is 4.79 Å². The Kier molecular flexibility index (Phi) is 5.60. The lowest BCUT2D eigenvalue weighted by molar-refractivity contribution is -0.142. The van der Waals surface area contributed by atoms with Gasteiger partial charge < -0.3 is 15.2 Å². The lowest BCUT2D eigenvalue weighted by atomic mass is 10.3. The highest BCUT2D eigenvalue weighted by Gasteiger charge is 2.10. The number of aryl methyl sites for hydroxylation is 1. The number of hydrogen-bond acceptors (Lipinski definition) is 4. The molecule has 0 aliphatic heterocycles. The van der Waals surface area contributed by atoms with Crippen molar-refractivity contribution in [3.63, 3.8) is 0 Å². The highest BCUT2D eigenvalue weighted by Crippen LogP contribution is 2.26. The van der Waals surface area contributed by atoms with Gasteiger partial charge in [-0.15, -0.1) is 11.3 Å². The summed E-state index contributed by atoms with van der Waals surface area (Å²) >= 11 is 4.70. The van der Waals surface area contributed by atoms with Crippen LogP contribution < -0.4 is 5.32 Å². The van der Waals surface area contributed by atoms with Crippen molar-refractivity contribution in [2.24, 2.45) is 0 Å². The fourth-order valence-electron chi connectivity index (χ4n) is 1.06. The van der Waals surface area contributed by atoms with E-state index in [-0.39, 0.29) is 19.1 Å². The molecule has 2 N–H and O–H groups in total. The predicted molar refractivity (Wildman–Crippen MR) is 67.5 cm³/mol. The van der Waals surface area contributed by atoms with Crippen LogP contribution in [-0.2, 0) is 9.53 Å². The third-order valence-electron chi connectivity index (χ3n) is 1.84. The molecule has 0 fully saturated rings. The van der Waals surface area contributed by atoms with Gasteiger partial charge in [0.2, 0.25) is 0 Å². The number of thiophene rings is 1. The van der Waals surface area contributed by atoms with Gasteiger partial charge in [-0.25, -0.2) is 4.79 Å². The van der Waals surface area contributed by atoms with E-state index in [2.05, 4.69) is 21.2 Å². The zero-order valence-corrected chi connectivity index (χ0v) is 11.6. The predicted octanol–water partition coefficient (Wildman–Crippen LogP) is 1.65. The number of carbonyl (C=O) groups excluding carboxylic acids is 1. The molecule has 0 atom stereocenters. The van der Waals surface area contributed by atoms with Crippen LogP contribution in [-0.4, -0.2) is 36.7 Å². The van der Waals surface area contributed by atoms with Crippen molar-refractivity contribution < 1.29 is 19.4 Å². The Hall–Kier alpha value is -0.920. The number of carboxylic acids is 1. The van der Waals surface area contributed by atoms with E-state index in [1.807, 2.05) is 6.92 Å². The van der Waals surface area contributed by atoms with Crippen LogP contribution in [0.15, 0.2) is 9.85 Å². The average Bonchev–Trinajstić information content (AvgIpc) is 2.58. The molecule has 0 radical (unpaired) electrons. The number of nitrogens with one attached hydrogen (secondary N) is 1. The Morgan fingerprint density at radius 1 is 1.59 bits per heavy atom. The molecular formula is C10H12BrNO4S. The summed E-state index contributed by atoms with van der Waals surface area (Å²) in [6, 6.07) is 1.79. The van der Waals surface area contributed by atoms with E-state index in [0.717, 1.165) is 9.35 Å². The van der Waals surface area contributed by atoms with E-state index in [4.69, 9.17) is 9.84 Å². The molecule has 0 aliphatic carbocycles. The summed E-state index contributed by atoms with van der Waals surface area (Å²) in [7, 11) is 0. The molecule has 5 nitrogen and oxygen atoms in total. The SMILES string of the molecule is Cc1cc(C(=O)NCCOCC(=O)O)sc1Br. The molecule has 0 aliphatic rings. The van der Waals surface area contributed by atoms with Crippen LogP contribution in [0.3, 0.4) is 0 Å². The minimum absolute atomic E-state index is 0.178. The third kappa shape index (κ3) is 4.84. The molecule has 1 aromatic heterocycles. The number of carbonyl (C=O) groups is 2. The van der Waals surface area contributed by atoms with E-state index >= 15 is 0 Å². The summed E-state index contributed by atoms with van der Waals surface area (Å²) in [6.45, 7) is 2.04. The Bertz CT molecular complexity index is 399.